The van der Waals surface area contributed by atoms with Crippen molar-refractivity contribution in [2.45, 2.75) is 19.9 Å². The summed E-state index contributed by atoms with van der Waals surface area (Å²) in [7, 11) is -3.38. The van der Waals surface area contributed by atoms with Crippen LogP contribution in [-0.2, 0) is 10.0 Å². The molecule has 134 valence electrons. The van der Waals surface area contributed by atoms with Gasteiger partial charge in [-0.3, -0.25) is 4.72 Å². The number of rotatable bonds is 4. The van der Waals surface area contributed by atoms with Crippen molar-refractivity contribution >= 4 is 26.6 Å². The number of sulfonamides is 1. The van der Waals surface area contributed by atoms with Crippen LogP contribution in [0.15, 0.2) is 42.6 Å². The Hall–Kier alpha value is -2.85. The van der Waals surface area contributed by atoms with Crippen molar-refractivity contribution in [2.75, 3.05) is 11.0 Å². The maximum Gasteiger partial charge on any atom is 0.229 e. The number of fused-ring (bicyclic) bond motifs is 1. The first kappa shape index (κ1) is 18.0. The van der Waals surface area contributed by atoms with Gasteiger partial charge < -0.3 is 4.57 Å². The summed E-state index contributed by atoms with van der Waals surface area (Å²) >= 11 is 0. The molecule has 0 aliphatic rings. The fourth-order valence-electron chi connectivity index (χ4n) is 2.96. The average molecular weight is 371 g/mol. The first-order chi connectivity index (χ1) is 12.2. The Morgan fingerprint density at radius 1 is 1.19 bits per heavy atom. The Labute approximate surface area is 151 Å². The predicted octanol–water partition coefficient (Wildman–Crippen LogP) is 4.27. The molecule has 0 aliphatic heterocycles. The van der Waals surface area contributed by atoms with Crippen molar-refractivity contribution in [3.63, 3.8) is 0 Å². The van der Waals surface area contributed by atoms with E-state index in [4.69, 9.17) is 5.26 Å². The maximum absolute atomic E-state index is 14.0. The van der Waals surface area contributed by atoms with Gasteiger partial charge in [-0.25, -0.2) is 12.8 Å². The molecule has 1 aromatic heterocycles. The zero-order valence-electron chi connectivity index (χ0n) is 14.6. The number of nitrogens with zero attached hydrogens (tertiary/aromatic N) is 2. The number of anilines is 1. The number of benzene rings is 2. The van der Waals surface area contributed by atoms with Gasteiger partial charge in [0, 0.05) is 23.2 Å². The molecule has 0 radical (unpaired) electrons. The van der Waals surface area contributed by atoms with E-state index in [1.54, 1.807) is 18.2 Å². The molecule has 0 spiro atoms. The molecule has 0 saturated carbocycles. The van der Waals surface area contributed by atoms with Crippen LogP contribution in [0.25, 0.3) is 22.0 Å². The second kappa shape index (κ2) is 6.46. The van der Waals surface area contributed by atoms with Gasteiger partial charge in [-0.1, -0.05) is 12.1 Å². The fourth-order valence-corrected chi connectivity index (χ4v) is 3.51. The van der Waals surface area contributed by atoms with E-state index in [9.17, 15) is 12.8 Å². The number of nitriles is 1. The molecule has 5 nitrogen and oxygen atoms in total. The van der Waals surface area contributed by atoms with Crippen LogP contribution in [0.4, 0.5) is 10.1 Å². The van der Waals surface area contributed by atoms with Crippen molar-refractivity contribution in [1.29, 1.82) is 5.26 Å². The molecule has 3 aromatic rings. The molecule has 2 aromatic carbocycles. The summed E-state index contributed by atoms with van der Waals surface area (Å²) in [5.41, 5.74) is 2.80. The zero-order chi connectivity index (χ0) is 19.1. The fraction of sp³-hybridized carbons (Fsp3) is 0.211. The Morgan fingerprint density at radius 2 is 1.92 bits per heavy atom. The molecule has 0 unspecified atom stereocenters. The minimum absolute atomic E-state index is 0.000913. The predicted molar refractivity (Wildman–Crippen MR) is 101 cm³/mol. The quantitative estimate of drug-likeness (QED) is 0.744. The van der Waals surface area contributed by atoms with Gasteiger partial charge in [0.05, 0.1) is 23.0 Å². The van der Waals surface area contributed by atoms with E-state index in [1.807, 2.05) is 36.7 Å². The molecular formula is C19H18FN3O2S. The van der Waals surface area contributed by atoms with E-state index in [0.29, 0.717) is 11.3 Å². The van der Waals surface area contributed by atoms with Gasteiger partial charge in [0.15, 0.2) is 0 Å². The third kappa shape index (κ3) is 3.41. The van der Waals surface area contributed by atoms with Crippen molar-refractivity contribution < 1.29 is 12.8 Å². The molecule has 3 rings (SSSR count). The lowest BCUT2D eigenvalue weighted by atomic mass is 10.0. The van der Waals surface area contributed by atoms with Gasteiger partial charge in [0.2, 0.25) is 10.0 Å². The highest BCUT2D eigenvalue weighted by Gasteiger charge is 2.15. The summed E-state index contributed by atoms with van der Waals surface area (Å²) in [4.78, 5) is 0. The van der Waals surface area contributed by atoms with Crippen LogP contribution >= 0.6 is 0 Å². The normalized spacial score (nSPS) is 11.7. The van der Waals surface area contributed by atoms with Crippen LogP contribution in [0.1, 0.15) is 25.5 Å². The molecule has 1 N–H and O–H groups in total. The Balaban J connectivity index is 2.21. The Bertz CT molecular complexity index is 1140. The SMILES string of the molecule is CC(C)n1cc(-c2ccc(C#N)c(F)c2)c2ccc(NS(C)(=O)=O)cc21. The second-order valence-electron chi connectivity index (χ2n) is 6.46. The van der Waals surface area contributed by atoms with E-state index in [-0.39, 0.29) is 11.6 Å². The molecule has 7 heteroatoms. The van der Waals surface area contributed by atoms with E-state index in [0.717, 1.165) is 22.7 Å². The molecule has 0 fully saturated rings. The zero-order valence-corrected chi connectivity index (χ0v) is 15.4. The first-order valence-electron chi connectivity index (χ1n) is 8.02. The summed E-state index contributed by atoms with van der Waals surface area (Å²) in [6.07, 6.45) is 3.02. The summed E-state index contributed by atoms with van der Waals surface area (Å²) in [5.74, 6) is -0.564. The highest BCUT2D eigenvalue weighted by atomic mass is 32.2. The van der Waals surface area contributed by atoms with Crippen LogP contribution in [0, 0.1) is 17.1 Å². The van der Waals surface area contributed by atoms with E-state index in [1.165, 1.54) is 12.1 Å². The average Bonchev–Trinajstić information content (AvgIpc) is 2.92. The molecule has 1 heterocycles. The molecule has 0 bridgehead atoms. The number of hydrogen-bond acceptors (Lipinski definition) is 3. The van der Waals surface area contributed by atoms with Crippen LogP contribution in [0.2, 0.25) is 0 Å². The lowest BCUT2D eigenvalue weighted by Gasteiger charge is -2.10. The van der Waals surface area contributed by atoms with Crippen LogP contribution in [0.5, 0.6) is 0 Å². The van der Waals surface area contributed by atoms with E-state index < -0.39 is 15.8 Å². The minimum Gasteiger partial charge on any atom is -0.344 e. The van der Waals surface area contributed by atoms with Gasteiger partial charge in [-0.05, 0) is 43.7 Å². The topological polar surface area (TPSA) is 74.9 Å². The highest BCUT2D eigenvalue weighted by molar-refractivity contribution is 7.92. The van der Waals surface area contributed by atoms with E-state index in [2.05, 4.69) is 4.72 Å². The number of hydrogen-bond donors (Lipinski definition) is 1. The molecule has 0 saturated heterocycles. The third-order valence-electron chi connectivity index (χ3n) is 4.09. The largest absolute Gasteiger partial charge is 0.344 e. The van der Waals surface area contributed by atoms with Gasteiger partial charge in [0.1, 0.15) is 11.9 Å². The van der Waals surface area contributed by atoms with Gasteiger partial charge in [-0.2, -0.15) is 5.26 Å². The van der Waals surface area contributed by atoms with Crippen molar-refractivity contribution in [3.8, 4) is 17.2 Å². The number of aromatic nitrogens is 1. The summed E-state index contributed by atoms with van der Waals surface area (Å²) in [6.45, 7) is 4.03. The second-order valence-corrected chi connectivity index (χ2v) is 8.20. The lowest BCUT2D eigenvalue weighted by Crippen LogP contribution is -2.09. The van der Waals surface area contributed by atoms with Gasteiger partial charge >= 0.3 is 0 Å². The van der Waals surface area contributed by atoms with Crippen LogP contribution in [0.3, 0.4) is 0 Å². The maximum atomic E-state index is 14.0. The van der Waals surface area contributed by atoms with Crippen molar-refractivity contribution in [3.05, 3.63) is 54.0 Å². The Morgan fingerprint density at radius 3 is 2.50 bits per heavy atom. The monoisotopic (exact) mass is 371 g/mol. The molecule has 26 heavy (non-hydrogen) atoms. The summed E-state index contributed by atoms with van der Waals surface area (Å²) in [5, 5.41) is 9.78. The van der Waals surface area contributed by atoms with Crippen molar-refractivity contribution in [1.82, 2.24) is 4.57 Å². The van der Waals surface area contributed by atoms with Crippen LogP contribution in [-0.4, -0.2) is 19.2 Å². The van der Waals surface area contributed by atoms with Gasteiger partial charge in [0.25, 0.3) is 0 Å². The van der Waals surface area contributed by atoms with Crippen LogP contribution < -0.4 is 4.72 Å². The van der Waals surface area contributed by atoms with Gasteiger partial charge in [-0.15, -0.1) is 0 Å². The molecule has 0 atom stereocenters. The highest BCUT2D eigenvalue weighted by Crippen LogP contribution is 2.34. The van der Waals surface area contributed by atoms with Crippen molar-refractivity contribution in [2.24, 2.45) is 0 Å². The summed E-state index contributed by atoms with van der Waals surface area (Å²) < 4.78 is 41.5. The van der Waals surface area contributed by atoms with E-state index >= 15 is 0 Å². The number of halogens is 1. The Kier molecular flexibility index (Phi) is 4.46. The third-order valence-corrected chi connectivity index (χ3v) is 4.70. The number of nitrogens with one attached hydrogen (secondary N) is 1. The smallest absolute Gasteiger partial charge is 0.229 e. The minimum atomic E-state index is -3.38. The lowest BCUT2D eigenvalue weighted by molar-refractivity contribution is 0.607. The standard InChI is InChI=1S/C19H18FN3O2S/c1-12(2)23-11-17(13-4-5-14(10-21)18(20)8-13)16-7-6-15(9-19(16)23)22-26(3,24)25/h4-9,11-12,22H,1-3H3. The summed E-state index contributed by atoms with van der Waals surface area (Å²) in [6, 6.07) is 11.7. The molecule has 0 aliphatic carbocycles. The molecular weight excluding hydrogens is 353 g/mol. The first-order valence-corrected chi connectivity index (χ1v) is 9.91. The molecule has 0 amide bonds.